The zero-order chi connectivity index (χ0) is 18.8. The lowest BCUT2D eigenvalue weighted by atomic mass is 9.95. The molecule has 1 aliphatic heterocycles. The molecule has 1 atom stereocenters. The third-order valence-corrected chi connectivity index (χ3v) is 5.73. The number of amides is 2. The van der Waals surface area contributed by atoms with Crippen molar-refractivity contribution in [3.05, 3.63) is 70.8 Å². The number of benzene rings is 2. The van der Waals surface area contributed by atoms with Gasteiger partial charge in [-0.1, -0.05) is 67.3 Å². The molecule has 0 saturated heterocycles. The summed E-state index contributed by atoms with van der Waals surface area (Å²) < 4.78 is 0. The van der Waals surface area contributed by atoms with E-state index in [2.05, 4.69) is 5.32 Å². The fraction of sp³-hybridized carbons (Fsp3) is 0.391. The standard InChI is InChI=1S/C23H26N2O2/c1-16-11-13-17(14-12-16)15-25-21(19-9-5-6-10-20(19)23(25)27)22(26)24-18-7-3-2-4-8-18/h5-6,9-14,18,21H,2-4,7-8,15H2,1H3,(H,24,26). The molecule has 2 aromatic carbocycles. The molecule has 0 bridgehead atoms. The summed E-state index contributed by atoms with van der Waals surface area (Å²) in [6.07, 6.45) is 5.64. The molecule has 1 saturated carbocycles. The van der Waals surface area contributed by atoms with Gasteiger partial charge in [-0.15, -0.1) is 0 Å². The maximum atomic E-state index is 13.2. The summed E-state index contributed by atoms with van der Waals surface area (Å²) in [6.45, 7) is 2.48. The summed E-state index contributed by atoms with van der Waals surface area (Å²) in [5.41, 5.74) is 3.69. The molecule has 0 aromatic heterocycles. The quantitative estimate of drug-likeness (QED) is 0.889. The highest BCUT2D eigenvalue weighted by Crippen LogP contribution is 2.35. The van der Waals surface area contributed by atoms with Crippen molar-refractivity contribution in [2.45, 2.75) is 57.7 Å². The molecule has 2 aliphatic rings. The highest BCUT2D eigenvalue weighted by molar-refractivity contribution is 6.04. The Bertz CT molecular complexity index is 838. The minimum absolute atomic E-state index is 0.0488. The van der Waals surface area contributed by atoms with Gasteiger partial charge in [-0.25, -0.2) is 0 Å². The van der Waals surface area contributed by atoms with E-state index in [0.29, 0.717) is 12.1 Å². The summed E-state index contributed by atoms with van der Waals surface area (Å²) in [7, 11) is 0. The fourth-order valence-corrected chi connectivity index (χ4v) is 4.23. The van der Waals surface area contributed by atoms with Gasteiger partial charge < -0.3 is 10.2 Å². The van der Waals surface area contributed by atoms with Gasteiger partial charge in [-0.2, -0.15) is 0 Å². The van der Waals surface area contributed by atoms with E-state index in [9.17, 15) is 9.59 Å². The molecular weight excluding hydrogens is 336 g/mol. The second-order valence-corrected chi connectivity index (χ2v) is 7.75. The molecule has 0 spiro atoms. The van der Waals surface area contributed by atoms with Gasteiger partial charge in [0.15, 0.2) is 0 Å². The first-order valence-electron chi connectivity index (χ1n) is 9.89. The predicted octanol–water partition coefficient (Wildman–Crippen LogP) is 4.14. The minimum atomic E-state index is -0.545. The summed E-state index contributed by atoms with van der Waals surface area (Å²) >= 11 is 0. The van der Waals surface area contributed by atoms with Crippen LogP contribution in [0.1, 0.15) is 65.2 Å². The normalized spacial score (nSPS) is 19.8. The molecule has 27 heavy (non-hydrogen) atoms. The van der Waals surface area contributed by atoms with E-state index >= 15 is 0 Å². The van der Waals surface area contributed by atoms with Crippen LogP contribution < -0.4 is 5.32 Å². The predicted molar refractivity (Wildman–Crippen MR) is 105 cm³/mol. The molecule has 4 rings (SSSR count). The number of nitrogens with zero attached hydrogens (tertiary/aromatic N) is 1. The van der Waals surface area contributed by atoms with Crippen LogP contribution in [-0.2, 0) is 11.3 Å². The molecule has 2 amide bonds. The van der Waals surface area contributed by atoms with Crippen LogP contribution in [0.2, 0.25) is 0 Å². The number of carbonyl (C=O) groups is 2. The summed E-state index contributed by atoms with van der Waals surface area (Å²) in [5, 5.41) is 3.21. The molecule has 2 aromatic rings. The summed E-state index contributed by atoms with van der Waals surface area (Å²) in [5.74, 6) is -0.109. The zero-order valence-corrected chi connectivity index (χ0v) is 15.8. The van der Waals surface area contributed by atoms with Gasteiger partial charge in [0, 0.05) is 18.2 Å². The van der Waals surface area contributed by atoms with E-state index in [0.717, 1.165) is 36.8 Å². The van der Waals surface area contributed by atoms with E-state index < -0.39 is 6.04 Å². The number of hydrogen-bond acceptors (Lipinski definition) is 2. The third-order valence-electron chi connectivity index (χ3n) is 5.73. The SMILES string of the molecule is Cc1ccc(CN2C(=O)c3ccccc3C2C(=O)NC2CCCCC2)cc1. The molecule has 1 aliphatic carbocycles. The Hall–Kier alpha value is -2.62. The lowest BCUT2D eigenvalue weighted by Gasteiger charge is -2.28. The molecule has 1 unspecified atom stereocenters. The Morgan fingerprint density at radius 1 is 1.04 bits per heavy atom. The molecule has 0 radical (unpaired) electrons. The first kappa shape index (κ1) is 17.8. The molecule has 1 fully saturated rings. The summed E-state index contributed by atoms with van der Waals surface area (Å²) in [4.78, 5) is 27.9. The van der Waals surface area contributed by atoms with Crippen LogP contribution >= 0.6 is 0 Å². The highest BCUT2D eigenvalue weighted by Gasteiger charge is 2.41. The van der Waals surface area contributed by atoms with Gasteiger partial charge in [0.2, 0.25) is 5.91 Å². The number of fused-ring (bicyclic) bond motifs is 1. The largest absolute Gasteiger partial charge is 0.351 e. The number of aryl methyl sites for hydroxylation is 1. The van der Waals surface area contributed by atoms with Crippen molar-refractivity contribution in [3.8, 4) is 0 Å². The first-order valence-corrected chi connectivity index (χ1v) is 9.89. The lowest BCUT2D eigenvalue weighted by Crippen LogP contribution is -2.43. The van der Waals surface area contributed by atoms with Crippen LogP contribution in [-0.4, -0.2) is 22.8 Å². The lowest BCUT2D eigenvalue weighted by molar-refractivity contribution is -0.126. The molecule has 140 valence electrons. The van der Waals surface area contributed by atoms with Crippen molar-refractivity contribution >= 4 is 11.8 Å². The van der Waals surface area contributed by atoms with Gasteiger partial charge in [-0.3, -0.25) is 9.59 Å². The Morgan fingerprint density at radius 2 is 1.74 bits per heavy atom. The molecular formula is C23H26N2O2. The third kappa shape index (κ3) is 3.61. The summed E-state index contributed by atoms with van der Waals surface area (Å²) in [6, 6.07) is 15.3. The van der Waals surface area contributed by atoms with Gasteiger partial charge in [0.1, 0.15) is 6.04 Å². The Balaban J connectivity index is 1.60. The second-order valence-electron chi connectivity index (χ2n) is 7.75. The Morgan fingerprint density at radius 3 is 2.48 bits per heavy atom. The fourth-order valence-electron chi connectivity index (χ4n) is 4.23. The van der Waals surface area contributed by atoms with E-state index in [-0.39, 0.29) is 17.9 Å². The van der Waals surface area contributed by atoms with Crippen LogP contribution in [0.15, 0.2) is 48.5 Å². The van der Waals surface area contributed by atoms with Crippen molar-refractivity contribution in [2.24, 2.45) is 0 Å². The van der Waals surface area contributed by atoms with E-state index in [4.69, 9.17) is 0 Å². The molecule has 4 heteroatoms. The van der Waals surface area contributed by atoms with Crippen LogP contribution in [0.3, 0.4) is 0 Å². The van der Waals surface area contributed by atoms with E-state index in [1.54, 1.807) is 4.90 Å². The Labute approximate surface area is 160 Å². The van der Waals surface area contributed by atoms with Crippen molar-refractivity contribution in [2.75, 3.05) is 0 Å². The van der Waals surface area contributed by atoms with Gasteiger partial charge in [-0.05, 0) is 37.0 Å². The zero-order valence-electron chi connectivity index (χ0n) is 15.8. The number of nitrogens with one attached hydrogen (secondary N) is 1. The van der Waals surface area contributed by atoms with Crippen LogP contribution in [0.25, 0.3) is 0 Å². The van der Waals surface area contributed by atoms with Gasteiger partial charge in [0.05, 0.1) is 0 Å². The average molecular weight is 362 g/mol. The Kier molecular flexibility index (Phi) is 4.97. The van der Waals surface area contributed by atoms with Crippen LogP contribution in [0.4, 0.5) is 0 Å². The maximum absolute atomic E-state index is 13.2. The van der Waals surface area contributed by atoms with E-state index in [1.165, 1.54) is 12.0 Å². The topological polar surface area (TPSA) is 49.4 Å². The van der Waals surface area contributed by atoms with Crippen molar-refractivity contribution in [1.82, 2.24) is 10.2 Å². The van der Waals surface area contributed by atoms with Crippen LogP contribution in [0.5, 0.6) is 0 Å². The average Bonchev–Trinajstić information content (AvgIpc) is 2.97. The van der Waals surface area contributed by atoms with Gasteiger partial charge in [0.25, 0.3) is 5.91 Å². The number of carbonyl (C=O) groups excluding carboxylic acids is 2. The van der Waals surface area contributed by atoms with Crippen molar-refractivity contribution in [1.29, 1.82) is 0 Å². The second kappa shape index (κ2) is 7.55. The molecule has 1 N–H and O–H groups in total. The molecule has 4 nitrogen and oxygen atoms in total. The minimum Gasteiger partial charge on any atom is -0.351 e. The highest BCUT2D eigenvalue weighted by atomic mass is 16.2. The number of rotatable bonds is 4. The monoisotopic (exact) mass is 362 g/mol. The number of hydrogen-bond donors (Lipinski definition) is 1. The van der Waals surface area contributed by atoms with E-state index in [1.807, 2.05) is 55.5 Å². The molecule has 1 heterocycles. The van der Waals surface area contributed by atoms with Crippen molar-refractivity contribution in [3.63, 3.8) is 0 Å². The maximum Gasteiger partial charge on any atom is 0.255 e. The first-order chi connectivity index (χ1) is 13.1. The smallest absolute Gasteiger partial charge is 0.255 e. The van der Waals surface area contributed by atoms with Crippen molar-refractivity contribution < 1.29 is 9.59 Å². The van der Waals surface area contributed by atoms with Gasteiger partial charge >= 0.3 is 0 Å². The van der Waals surface area contributed by atoms with Crippen LogP contribution in [0, 0.1) is 6.92 Å².